The molecule has 31 heavy (non-hydrogen) atoms. The van der Waals surface area contributed by atoms with E-state index in [0.29, 0.717) is 16.6 Å². The smallest absolute Gasteiger partial charge is 0.277 e. The lowest BCUT2D eigenvalue weighted by atomic mass is 9.99. The van der Waals surface area contributed by atoms with E-state index in [1.165, 1.54) is 13.0 Å². The van der Waals surface area contributed by atoms with Crippen LogP contribution < -0.4 is 5.56 Å². The summed E-state index contributed by atoms with van der Waals surface area (Å²) in [7, 11) is -3.69. The van der Waals surface area contributed by atoms with Gasteiger partial charge in [0.1, 0.15) is 16.1 Å². The molecular weight excluding hydrogens is 421 g/mol. The zero-order valence-corrected chi connectivity index (χ0v) is 18.7. The number of fused-ring (bicyclic) bond motifs is 1. The normalized spacial score (nSPS) is 13.8. The molecule has 0 unspecified atom stereocenters. The summed E-state index contributed by atoms with van der Waals surface area (Å²) in [5, 5.41) is 8.23. The molecule has 0 aliphatic heterocycles. The van der Waals surface area contributed by atoms with Crippen molar-refractivity contribution >= 4 is 26.5 Å². The summed E-state index contributed by atoms with van der Waals surface area (Å²) in [6, 6.07) is 9.65. The second-order valence-electron chi connectivity index (χ2n) is 7.86. The highest BCUT2D eigenvalue weighted by Crippen LogP contribution is 2.26. The van der Waals surface area contributed by atoms with E-state index >= 15 is 0 Å². The van der Waals surface area contributed by atoms with Crippen molar-refractivity contribution in [3.63, 3.8) is 0 Å². The van der Waals surface area contributed by atoms with Crippen LogP contribution in [0.5, 0.6) is 0 Å². The molecule has 164 valence electrons. The van der Waals surface area contributed by atoms with Gasteiger partial charge in [0.25, 0.3) is 5.56 Å². The largest absolute Gasteiger partial charge is 0.298 e. The summed E-state index contributed by atoms with van der Waals surface area (Å²) in [5.74, 6) is -0.789. The minimum absolute atomic E-state index is 0.0697. The van der Waals surface area contributed by atoms with Crippen LogP contribution in [0.15, 0.2) is 41.2 Å². The van der Waals surface area contributed by atoms with Gasteiger partial charge in [-0.1, -0.05) is 30.3 Å². The highest BCUT2D eigenvalue weighted by molar-refractivity contribution is 7.92. The van der Waals surface area contributed by atoms with Crippen molar-refractivity contribution in [3.8, 4) is 11.1 Å². The molecular formula is C22H24FN3O4S. The van der Waals surface area contributed by atoms with Crippen LogP contribution in [0.25, 0.3) is 22.0 Å². The standard InChI is InChI=1S/C22H24FN3O4S/c1-5-20(27)22(3,31(4,29)30)10-11-26-21(28)17-9-7-15(13-19(17)24-25-26)16-8-6-14(2)12-18(16)23/h6-9,12-13H,5,10-11H2,1-4H3/t22-/m1/s1. The van der Waals surface area contributed by atoms with Gasteiger partial charge in [-0.2, -0.15) is 0 Å². The Balaban J connectivity index is 1.96. The van der Waals surface area contributed by atoms with Crippen molar-refractivity contribution in [2.24, 2.45) is 0 Å². The average molecular weight is 446 g/mol. The molecule has 0 radical (unpaired) electrons. The molecule has 3 aromatic rings. The Bertz CT molecular complexity index is 1330. The molecule has 0 saturated heterocycles. The van der Waals surface area contributed by atoms with Gasteiger partial charge in [-0.25, -0.2) is 17.5 Å². The van der Waals surface area contributed by atoms with Crippen molar-refractivity contribution in [1.29, 1.82) is 0 Å². The van der Waals surface area contributed by atoms with Gasteiger partial charge < -0.3 is 0 Å². The lowest BCUT2D eigenvalue weighted by Gasteiger charge is -2.25. The van der Waals surface area contributed by atoms with E-state index in [4.69, 9.17) is 0 Å². The van der Waals surface area contributed by atoms with E-state index in [0.717, 1.165) is 16.5 Å². The molecule has 2 aromatic carbocycles. The molecule has 0 N–H and O–H groups in total. The highest BCUT2D eigenvalue weighted by atomic mass is 32.2. The summed E-state index contributed by atoms with van der Waals surface area (Å²) in [4.78, 5) is 25.1. The van der Waals surface area contributed by atoms with Gasteiger partial charge >= 0.3 is 0 Å². The molecule has 9 heteroatoms. The summed E-state index contributed by atoms with van der Waals surface area (Å²) in [6.45, 7) is 4.69. The van der Waals surface area contributed by atoms with E-state index < -0.39 is 25.9 Å². The maximum atomic E-state index is 14.3. The molecule has 0 aliphatic rings. The van der Waals surface area contributed by atoms with Gasteiger partial charge in [-0.3, -0.25) is 9.59 Å². The highest BCUT2D eigenvalue weighted by Gasteiger charge is 2.41. The van der Waals surface area contributed by atoms with Crippen molar-refractivity contribution in [2.75, 3.05) is 6.26 Å². The Morgan fingerprint density at radius 2 is 1.90 bits per heavy atom. The summed E-state index contributed by atoms with van der Waals surface area (Å²) in [5.41, 5.74) is 1.59. The third kappa shape index (κ3) is 4.27. The summed E-state index contributed by atoms with van der Waals surface area (Å²) in [6.07, 6.45) is 0.993. The SMILES string of the molecule is CCC(=O)[C@@](C)(CCn1nnc2cc(-c3ccc(C)cc3F)ccc2c1=O)S(C)(=O)=O. The number of Topliss-reactive ketones (excluding diaryl/α,β-unsaturated/α-hetero) is 1. The van der Waals surface area contributed by atoms with Crippen LogP contribution in [-0.4, -0.2) is 40.2 Å². The van der Waals surface area contributed by atoms with Gasteiger partial charge in [0.05, 0.1) is 5.39 Å². The first-order valence-corrected chi connectivity index (χ1v) is 11.7. The Kier molecular flexibility index (Phi) is 6.09. The minimum Gasteiger partial charge on any atom is -0.298 e. The maximum Gasteiger partial charge on any atom is 0.277 e. The number of hydrogen-bond acceptors (Lipinski definition) is 6. The first-order valence-electron chi connectivity index (χ1n) is 9.85. The van der Waals surface area contributed by atoms with E-state index in [1.807, 2.05) is 0 Å². The van der Waals surface area contributed by atoms with Gasteiger partial charge in [0.2, 0.25) is 0 Å². The first-order chi connectivity index (χ1) is 14.5. The number of benzene rings is 2. The van der Waals surface area contributed by atoms with Crippen LogP contribution in [0.3, 0.4) is 0 Å². The van der Waals surface area contributed by atoms with Crippen LogP contribution in [0, 0.1) is 12.7 Å². The zero-order chi connectivity index (χ0) is 23.0. The third-order valence-corrected chi connectivity index (χ3v) is 7.76. The van der Waals surface area contributed by atoms with Gasteiger partial charge in [-0.05, 0) is 49.6 Å². The number of aryl methyl sites for hydroxylation is 2. The van der Waals surface area contributed by atoms with Crippen LogP contribution in [-0.2, 0) is 21.2 Å². The minimum atomic E-state index is -3.69. The number of rotatable bonds is 7. The van der Waals surface area contributed by atoms with E-state index in [2.05, 4.69) is 10.3 Å². The molecule has 0 amide bonds. The molecule has 3 rings (SSSR count). The third-order valence-electron chi connectivity index (χ3n) is 5.69. The number of carbonyl (C=O) groups excluding carboxylic acids is 1. The van der Waals surface area contributed by atoms with Gasteiger partial charge in [0, 0.05) is 24.8 Å². The Labute approximate surface area is 179 Å². The molecule has 0 bridgehead atoms. The molecule has 0 saturated carbocycles. The second kappa shape index (κ2) is 8.30. The quantitative estimate of drug-likeness (QED) is 0.554. The molecule has 0 fully saturated rings. The number of halogens is 1. The fourth-order valence-corrected chi connectivity index (χ4v) is 4.49. The molecule has 1 heterocycles. The molecule has 1 aromatic heterocycles. The van der Waals surface area contributed by atoms with E-state index in [9.17, 15) is 22.4 Å². The topological polar surface area (TPSA) is 99.0 Å². The molecule has 0 spiro atoms. The van der Waals surface area contributed by atoms with Crippen LogP contribution in [0.4, 0.5) is 4.39 Å². The fourth-order valence-electron chi connectivity index (χ4n) is 3.47. The van der Waals surface area contributed by atoms with Crippen LogP contribution in [0.1, 0.15) is 32.3 Å². The van der Waals surface area contributed by atoms with Gasteiger partial charge in [0.15, 0.2) is 15.6 Å². The molecule has 7 nitrogen and oxygen atoms in total. The van der Waals surface area contributed by atoms with Crippen molar-refractivity contribution in [2.45, 2.75) is 44.9 Å². The summed E-state index contributed by atoms with van der Waals surface area (Å²) < 4.78 is 38.2. The lowest BCUT2D eigenvalue weighted by molar-refractivity contribution is -0.121. The van der Waals surface area contributed by atoms with Crippen molar-refractivity contribution in [1.82, 2.24) is 15.0 Å². The van der Waals surface area contributed by atoms with E-state index in [1.54, 1.807) is 44.2 Å². The average Bonchev–Trinajstić information content (AvgIpc) is 2.71. The first kappa shape index (κ1) is 22.7. The maximum absolute atomic E-state index is 14.3. The predicted octanol–water partition coefficient (Wildman–Crippen LogP) is 3.08. The van der Waals surface area contributed by atoms with Crippen LogP contribution >= 0.6 is 0 Å². The number of carbonyl (C=O) groups is 1. The lowest BCUT2D eigenvalue weighted by Crippen LogP contribution is -2.44. The summed E-state index contributed by atoms with van der Waals surface area (Å²) >= 11 is 0. The monoisotopic (exact) mass is 445 g/mol. The second-order valence-corrected chi connectivity index (χ2v) is 10.3. The number of aromatic nitrogens is 3. The molecule has 1 atom stereocenters. The van der Waals surface area contributed by atoms with Crippen molar-refractivity contribution in [3.05, 3.63) is 58.1 Å². The fraction of sp³-hybridized carbons (Fsp3) is 0.364. The Morgan fingerprint density at radius 1 is 1.19 bits per heavy atom. The number of nitrogens with zero attached hydrogens (tertiary/aromatic N) is 3. The van der Waals surface area contributed by atoms with Crippen molar-refractivity contribution < 1.29 is 17.6 Å². The molecule has 0 aliphatic carbocycles. The Hall–Kier alpha value is -2.94. The Morgan fingerprint density at radius 3 is 2.52 bits per heavy atom. The van der Waals surface area contributed by atoms with Crippen LogP contribution in [0.2, 0.25) is 0 Å². The van der Waals surface area contributed by atoms with Gasteiger partial charge in [-0.15, -0.1) is 5.10 Å². The number of sulfone groups is 1. The number of hydrogen-bond donors (Lipinski definition) is 0. The van der Waals surface area contributed by atoms with E-state index in [-0.39, 0.29) is 30.6 Å². The number of ketones is 1. The predicted molar refractivity (Wildman–Crippen MR) is 117 cm³/mol. The zero-order valence-electron chi connectivity index (χ0n) is 17.8.